The van der Waals surface area contributed by atoms with Crippen LogP contribution in [0.2, 0.25) is 0 Å². The highest BCUT2D eigenvalue weighted by molar-refractivity contribution is 7.92. The maximum atomic E-state index is 14.6. The fourth-order valence-electron chi connectivity index (χ4n) is 5.98. The summed E-state index contributed by atoms with van der Waals surface area (Å²) >= 11 is 0. The number of nitrogens with zero attached hydrogens (tertiary/aromatic N) is 3. The minimum atomic E-state index is -4.85. The topological polar surface area (TPSA) is 114 Å². The molecule has 3 aromatic carbocycles. The number of rotatable bonds is 7. The summed E-state index contributed by atoms with van der Waals surface area (Å²) in [7, 11) is -2.80. The molecule has 46 heavy (non-hydrogen) atoms. The monoisotopic (exact) mass is 652 g/mol. The Hall–Kier alpha value is -4.49. The molecule has 0 aliphatic heterocycles. The van der Waals surface area contributed by atoms with Gasteiger partial charge in [0.15, 0.2) is 0 Å². The lowest BCUT2D eigenvalue weighted by atomic mass is 9.93. The molecule has 0 saturated carbocycles. The van der Waals surface area contributed by atoms with Gasteiger partial charge in [0.25, 0.3) is 10.0 Å². The first-order valence-corrected chi connectivity index (χ1v) is 16.2. The average molecular weight is 653 g/mol. The highest BCUT2D eigenvalue weighted by Gasteiger charge is 2.33. The van der Waals surface area contributed by atoms with Crippen molar-refractivity contribution in [1.82, 2.24) is 19.7 Å². The van der Waals surface area contributed by atoms with Crippen LogP contribution < -0.4 is 15.8 Å². The van der Waals surface area contributed by atoms with Gasteiger partial charge in [-0.25, -0.2) is 22.8 Å². The molecule has 13 heteroatoms. The van der Waals surface area contributed by atoms with E-state index in [9.17, 15) is 26.0 Å². The summed E-state index contributed by atoms with van der Waals surface area (Å²) in [5.41, 5.74) is 9.15. The molecule has 6 rings (SSSR count). The summed E-state index contributed by atoms with van der Waals surface area (Å²) in [6.07, 6.45) is 1.83. The number of benzene rings is 3. The van der Waals surface area contributed by atoms with Gasteiger partial charge in [-0.1, -0.05) is 44.2 Å². The number of fused-ring (bicyclic) bond motifs is 2. The van der Waals surface area contributed by atoms with Crippen LogP contribution in [-0.4, -0.2) is 35.9 Å². The van der Waals surface area contributed by atoms with Crippen molar-refractivity contribution >= 4 is 43.4 Å². The van der Waals surface area contributed by atoms with Gasteiger partial charge in [-0.15, -0.1) is 0 Å². The van der Waals surface area contributed by atoms with Gasteiger partial charge >= 0.3 is 6.18 Å². The van der Waals surface area contributed by atoms with Gasteiger partial charge in [0, 0.05) is 22.9 Å². The van der Waals surface area contributed by atoms with Crippen molar-refractivity contribution in [2.24, 2.45) is 0 Å². The Kier molecular flexibility index (Phi) is 8.01. The second-order valence-electron chi connectivity index (χ2n) is 11.6. The van der Waals surface area contributed by atoms with Crippen molar-refractivity contribution in [2.75, 3.05) is 17.5 Å². The highest BCUT2D eigenvalue weighted by atomic mass is 32.2. The summed E-state index contributed by atoms with van der Waals surface area (Å²) < 4.78 is 85.4. The predicted octanol–water partition coefficient (Wildman–Crippen LogP) is 7.37. The molecule has 0 radical (unpaired) electrons. The third-order valence-corrected chi connectivity index (χ3v) is 9.73. The Balaban J connectivity index is 1.50. The van der Waals surface area contributed by atoms with Crippen LogP contribution in [0.1, 0.15) is 56.1 Å². The summed E-state index contributed by atoms with van der Waals surface area (Å²) in [6.45, 7) is 4.07. The Morgan fingerprint density at radius 3 is 2.46 bits per heavy atom. The van der Waals surface area contributed by atoms with Gasteiger partial charge in [0.2, 0.25) is 0 Å². The van der Waals surface area contributed by atoms with Crippen molar-refractivity contribution in [3.05, 3.63) is 89.8 Å². The standard InChI is InChI=1S/C33H32F4N6O2S/c1-18(2)32-41-29(30-31(38)40-17-27(43(30)32)19-8-11-21(39-3)12-9-19)24-13-15-26(23-7-5-4-6-22(23)24)42-46(44,45)28-16-20(33(35,36)37)10-14-25(28)34/h4-8,10,13-18,21,39,42H,9,11-12H2,1-3H3,(H2,38,40). The molecular formula is C33H32F4N6O2S. The van der Waals surface area contributed by atoms with Crippen molar-refractivity contribution in [3.8, 4) is 11.3 Å². The van der Waals surface area contributed by atoms with Gasteiger partial charge in [-0.2, -0.15) is 13.2 Å². The Morgan fingerprint density at radius 1 is 1.07 bits per heavy atom. The maximum absolute atomic E-state index is 14.6. The van der Waals surface area contributed by atoms with Crippen LogP contribution >= 0.6 is 0 Å². The molecule has 0 bridgehead atoms. The lowest BCUT2D eigenvalue weighted by Crippen LogP contribution is -2.26. The SMILES string of the molecule is CNC1CC=C(c2cnc(N)c3c(-c4ccc(NS(=O)(=O)c5cc(C(F)(F)F)ccc5F)c5ccccc45)nc(C(C)C)n23)CC1. The van der Waals surface area contributed by atoms with Crippen molar-refractivity contribution < 1.29 is 26.0 Å². The molecule has 1 atom stereocenters. The number of nitrogens with one attached hydrogen (secondary N) is 2. The van der Waals surface area contributed by atoms with Gasteiger partial charge in [-0.3, -0.25) is 9.12 Å². The van der Waals surface area contributed by atoms with Crippen LogP contribution in [0.3, 0.4) is 0 Å². The van der Waals surface area contributed by atoms with Crippen LogP contribution in [0.4, 0.5) is 29.1 Å². The van der Waals surface area contributed by atoms with E-state index in [0.717, 1.165) is 36.4 Å². The fourth-order valence-corrected chi connectivity index (χ4v) is 7.16. The number of hydrogen-bond donors (Lipinski definition) is 3. The van der Waals surface area contributed by atoms with E-state index in [1.165, 1.54) is 6.07 Å². The first-order chi connectivity index (χ1) is 21.8. The molecule has 240 valence electrons. The highest BCUT2D eigenvalue weighted by Crippen LogP contribution is 2.40. The van der Waals surface area contributed by atoms with E-state index in [1.54, 1.807) is 36.5 Å². The van der Waals surface area contributed by atoms with Crippen LogP contribution in [0.25, 0.3) is 33.1 Å². The second kappa shape index (κ2) is 11.7. The zero-order chi connectivity index (χ0) is 33.0. The van der Waals surface area contributed by atoms with Crippen molar-refractivity contribution in [1.29, 1.82) is 0 Å². The molecule has 5 aromatic rings. The van der Waals surface area contributed by atoms with E-state index in [0.29, 0.717) is 45.7 Å². The Bertz CT molecular complexity index is 2120. The Labute approximate surface area is 263 Å². The van der Waals surface area contributed by atoms with Crippen molar-refractivity contribution in [2.45, 2.75) is 56.1 Å². The first-order valence-electron chi connectivity index (χ1n) is 14.7. The number of aromatic nitrogens is 3. The molecular weight excluding hydrogens is 620 g/mol. The van der Waals surface area contributed by atoms with Gasteiger partial charge in [0.05, 0.1) is 23.1 Å². The number of nitrogen functional groups attached to an aromatic ring is 1. The molecule has 0 amide bonds. The van der Waals surface area contributed by atoms with Crippen LogP contribution in [0.15, 0.2) is 71.8 Å². The molecule has 2 heterocycles. The average Bonchev–Trinajstić information content (AvgIpc) is 3.43. The third kappa shape index (κ3) is 5.58. The molecule has 1 aliphatic rings. The van der Waals surface area contributed by atoms with E-state index >= 15 is 0 Å². The summed E-state index contributed by atoms with van der Waals surface area (Å²) in [6, 6.07) is 11.7. The van der Waals surface area contributed by atoms with Crippen molar-refractivity contribution in [3.63, 3.8) is 0 Å². The number of halogens is 4. The number of hydrogen-bond acceptors (Lipinski definition) is 6. The summed E-state index contributed by atoms with van der Waals surface area (Å²) in [5.74, 6) is -0.243. The number of sulfonamides is 1. The normalized spacial score (nSPS) is 15.9. The zero-order valence-corrected chi connectivity index (χ0v) is 26.1. The molecule has 2 aromatic heterocycles. The van der Waals surface area contributed by atoms with Crippen LogP contribution in [0.5, 0.6) is 0 Å². The quantitative estimate of drug-likeness (QED) is 0.158. The number of anilines is 2. The smallest absolute Gasteiger partial charge is 0.382 e. The second-order valence-corrected chi connectivity index (χ2v) is 13.3. The number of alkyl halides is 3. The maximum Gasteiger partial charge on any atom is 0.416 e. The number of imidazole rings is 1. The minimum absolute atomic E-state index is 0.00996. The van der Waals surface area contributed by atoms with Crippen LogP contribution in [-0.2, 0) is 16.2 Å². The minimum Gasteiger partial charge on any atom is -0.382 e. The van der Waals surface area contributed by atoms with E-state index < -0.39 is 32.5 Å². The molecule has 0 spiro atoms. The molecule has 1 unspecified atom stereocenters. The zero-order valence-electron chi connectivity index (χ0n) is 25.3. The Morgan fingerprint density at radius 2 is 1.80 bits per heavy atom. The third-order valence-electron chi connectivity index (χ3n) is 8.35. The van der Waals surface area contributed by atoms with E-state index in [-0.39, 0.29) is 23.5 Å². The molecule has 1 aliphatic carbocycles. The van der Waals surface area contributed by atoms with E-state index in [1.807, 2.05) is 20.9 Å². The molecule has 0 fully saturated rings. The summed E-state index contributed by atoms with van der Waals surface area (Å²) in [5, 5.41) is 4.36. The molecule has 8 nitrogen and oxygen atoms in total. The number of allylic oxidation sites excluding steroid dienone is 1. The van der Waals surface area contributed by atoms with Gasteiger partial charge in [-0.05, 0) is 67.6 Å². The first kappa shape index (κ1) is 31.5. The summed E-state index contributed by atoms with van der Waals surface area (Å²) in [4.78, 5) is 8.50. The van der Waals surface area contributed by atoms with E-state index in [4.69, 9.17) is 10.7 Å². The molecule has 4 N–H and O–H groups in total. The van der Waals surface area contributed by atoms with Crippen LogP contribution in [0, 0.1) is 5.82 Å². The largest absolute Gasteiger partial charge is 0.416 e. The van der Waals surface area contributed by atoms with Gasteiger partial charge < -0.3 is 11.1 Å². The van der Waals surface area contributed by atoms with Gasteiger partial charge in [0.1, 0.15) is 33.6 Å². The lowest BCUT2D eigenvalue weighted by molar-refractivity contribution is -0.137. The van der Waals surface area contributed by atoms with E-state index in [2.05, 4.69) is 25.5 Å². The molecule has 0 saturated heterocycles. The fraction of sp³-hybridized carbons (Fsp3) is 0.273. The lowest BCUT2D eigenvalue weighted by Gasteiger charge is -2.22. The predicted molar refractivity (Wildman–Crippen MR) is 171 cm³/mol. The number of nitrogens with two attached hydrogens (primary N) is 1.